The van der Waals surface area contributed by atoms with Crippen molar-refractivity contribution in [3.63, 3.8) is 0 Å². The van der Waals surface area contributed by atoms with E-state index in [9.17, 15) is 9.59 Å². The fourth-order valence-electron chi connectivity index (χ4n) is 5.23. The Morgan fingerprint density at radius 2 is 1.71 bits per heavy atom. The standard InChI is InChI=1S/C28H37N3O4/c1-19(2)25-27(33)31(15-12-21-8-11-23(34-4)24(18-21)35-5)28(29-25)13-16-30(17-14-28)26(32)22-9-6-20(3)7-10-22/h6-11,18-19,25,29H,12-17H2,1-5H3/t25-/m1/s1. The van der Waals surface area contributed by atoms with Gasteiger partial charge in [0.05, 0.1) is 25.9 Å². The van der Waals surface area contributed by atoms with Gasteiger partial charge in [0.1, 0.15) is 0 Å². The summed E-state index contributed by atoms with van der Waals surface area (Å²) in [5.41, 5.74) is 2.52. The van der Waals surface area contributed by atoms with Gasteiger partial charge in [-0.15, -0.1) is 0 Å². The molecule has 35 heavy (non-hydrogen) atoms. The van der Waals surface area contributed by atoms with Crippen molar-refractivity contribution >= 4 is 11.8 Å². The van der Waals surface area contributed by atoms with Crippen LogP contribution in [0.25, 0.3) is 0 Å². The molecule has 1 spiro atoms. The fourth-order valence-corrected chi connectivity index (χ4v) is 5.23. The van der Waals surface area contributed by atoms with E-state index in [1.165, 1.54) is 0 Å². The second-order valence-electron chi connectivity index (χ2n) is 9.99. The smallest absolute Gasteiger partial charge is 0.253 e. The summed E-state index contributed by atoms with van der Waals surface area (Å²) in [4.78, 5) is 30.5. The van der Waals surface area contributed by atoms with E-state index in [0.717, 1.165) is 11.1 Å². The van der Waals surface area contributed by atoms with Gasteiger partial charge in [-0.1, -0.05) is 37.6 Å². The highest BCUT2D eigenvalue weighted by Gasteiger charge is 2.52. The van der Waals surface area contributed by atoms with Crippen molar-refractivity contribution in [3.05, 3.63) is 59.2 Å². The van der Waals surface area contributed by atoms with E-state index in [-0.39, 0.29) is 23.8 Å². The van der Waals surface area contributed by atoms with Gasteiger partial charge in [0.2, 0.25) is 5.91 Å². The van der Waals surface area contributed by atoms with Crippen LogP contribution in [0, 0.1) is 12.8 Å². The molecule has 2 saturated heterocycles. The molecule has 1 N–H and O–H groups in total. The second-order valence-corrected chi connectivity index (χ2v) is 9.99. The van der Waals surface area contributed by atoms with Crippen LogP contribution in [0.5, 0.6) is 11.5 Å². The van der Waals surface area contributed by atoms with Crippen molar-refractivity contribution in [1.29, 1.82) is 0 Å². The molecule has 7 heteroatoms. The summed E-state index contributed by atoms with van der Waals surface area (Å²) in [6, 6.07) is 13.4. The Morgan fingerprint density at radius 3 is 2.31 bits per heavy atom. The molecule has 7 nitrogen and oxygen atoms in total. The Bertz CT molecular complexity index is 1060. The number of ether oxygens (including phenoxy) is 2. The number of hydrogen-bond acceptors (Lipinski definition) is 5. The quantitative estimate of drug-likeness (QED) is 0.657. The summed E-state index contributed by atoms with van der Waals surface area (Å²) >= 11 is 0. The lowest BCUT2D eigenvalue weighted by molar-refractivity contribution is -0.133. The minimum Gasteiger partial charge on any atom is -0.493 e. The average molecular weight is 480 g/mol. The molecule has 2 fully saturated rings. The molecule has 0 aromatic heterocycles. The van der Waals surface area contributed by atoms with Gasteiger partial charge < -0.3 is 19.3 Å². The van der Waals surface area contributed by atoms with Gasteiger partial charge in [-0.2, -0.15) is 0 Å². The van der Waals surface area contributed by atoms with Crippen molar-refractivity contribution in [2.24, 2.45) is 5.92 Å². The Balaban J connectivity index is 1.49. The zero-order chi connectivity index (χ0) is 25.2. The van der Waals surface area contributed by atoms with Crippen LogP contribution >= 0.6 is 0 Å². The fraction of sp³-hybridized carbons (Fsp3) is 0.500. The molecule has 0 saturated carbocycles. The molecule has 2 aliphatic rings. The molecule has 2 amide bonds. The van der Waals surface area contributed by atoms with Crippen LogP contribution in [0.2, 0.25) is 0 Å². The third-order valence-electron chi connectivity index (χ3n) is 7.39. The van der Waals surface area contributed by atoms with E-state index in [4.69, 9.17) is 9.47 Å². The van der Waals surface area contributed by atoms with Gasteiger partial charge in [-0.25, -0.2) is 0 Å². The highest BCUT2D eigenvalue weighted by atomic mass is 16.5. The lowest BCUT2D eigenvalue weighted by Gasteiger charge is -2.45. The Labute approximate surface area is 208 Å². The van der Waals surface area contributed by atoms with E-state index in [2.05, 4.69) is 19.2 Å². The van der Waals surface area contributed by atoms with Crippen molar-refractivity contribution in [1.82, 2.24) is 15.1 Å². The summed E-state index contributed by atoms with van der Waals surface area (Å²) in [5, 5.41) is 3.68. The lowest BCUT2D eigenvalue weighted by atomic mass is 9.94. The number of rotatable bonds is 7. The number of methoxy groups -OCH3 is 2. The first kappa shape index (κ1) is 25.0. The maximum Gasteiger partial charge on any atom is 0.253 e. The summed E-state index contributed by atoms with van der Waals surface area (Å²) in [7, 11) is 3.25. The zero-order valence-corrected chi connectivity index (χ0v) is 21.5. The molecular formula is C28H37N3O4. The van der Waals surface area contributed by atoms with Crippen LogP contribution in [-0.2, 0) is 11.2 Å². The number of nitrogens with zero attached hydrogens (tertiary/aromatic N) is 2. The van der Waals surface area contributed by atoms with Crippen LogP contribution in [0.4, 0.5) is 0 Å². The summed E-state index contributed by atoms with van der Waals surface area (Å²) in [6.07, 6.45) is 2.14. The first-order chi connectivity index (χ1) is 16.8. The number of piperidine rings is 1. The van der Waals surface area contributed by atoms with Gasteiger partial charge in [-0.3, -0.25) is 14.9 Å². The summed E-state index contributed by atoms with van der Waals surface area (Å²) in [6.45, 7) is 8.02. The molecule has 0 radical (unpaired) electrons. The number of aryl methyl sites for hydroxylation is 1. The number of nitrogens with one attached hydrogen (secondary N) is 1. The van der Waals surface area contributed by atoms with Crippen molar-refractivity contribution in [3.8, 4) is 11.5 Å². The van der Waals surface area contributed by atoms with Gasteiger partial charge >= 0.3 is 0 Å². The second kappa shape index (κ2) is 10.3. The topological polar surface area (TPSA) is 71.1 Å². The van der Waals surface area contributed by atoms with E-state index < -0.39 is 5.66 Å². The van der Waals surface area contributed by atoms with Crippen LogP contribution in [0.1, 0.15) is 48.2 Å². The highest BCUT2D eigenvalue weighted by molar-refractivity contribution is 5.94. The Kier molecular flexibility index (Phi) is 7.36. The van der Waals surface area contributed by atoms with Crippen LogP contribution in [-0.4, -0.2) is 67.2 Å². The summed E-state index contributed by atoms with van der Waals surface area (Å²) < 4.78 is 10.8. The Morgan fingerprint density at radius 1 is 1.06 bits per heavy atom. The predicted octanol–water partition coefficient (Wildman–Crippen LogP) is 3.64. The third-order valence-corrected chi connectivity index (χ3v) is 7.39. The molecule has 0 unspecified atom stereocenters. The minimum atomic E-state index is -0.424. The van der Waals surface area contributed by atoms with Gasteiger partial charge in [-0.05, 0) is 49.1 Å². The average Bonchev–Trinajstić information content (AvgIpc) is 3.14. The Hall–Kier alpha value is -3.06. The molecular weight excluding hydrogens is 442 g/mol. The minimum absolute atomic E-state index is 0.0569. The van der Waals surface area contributed by atoms with Gasteiger partial charge in [0, 0.05) is 38.0 Å². The van der Waals surface area contributed by atoms with E-state index in [1.807, 2.05) is 59.2 Å². The monoisotopic (exact) mass is 479 g/mol. The number of carbonyl (C=O) groups excluding carboxylic acids is 2. The van der Waals surface area contributed by atoms with E-state index >= 15 is 0 Å². The number of amides is 2. The number of benzene rings is 2. The number of likely N-dealkylation sites (tertiary alicyclic amines) is 1. The van der Waals surface area contributed by atoms with Gasteiger partial charge in [0.25, 0.3) is 5.91 Å². The molecule has 2 aromatic rings. The lowest BCUT2D eigenvalue weighted by Crippen LogP contribution is -2.60. The first-order valence-corrected chi connectivity index (χ1v) is 12.4. The maximum atomic E-state index is 13.5. The molecule has 1 atom stereocenters. The zero-order valence-electron chi connectivity index (χ0n) is 21.5. The third kappa shape index (κ3) is 5.01. The molecule has 2 heterocycles. The molecule has 4 rings (SSSR count). The summed E-state index contributed by atoms with van der Waals surface area (Å²) in [5.74, 6) is 1.78. The normalized spacial score (nSPS) is 19.5. The highest BCUT2D eigenvalue weighted by Crippen LogP contribution is 2.35. The largest absolute Gasteiger partial charge is 0.493 e. The number of carbonyl (C=O) groups is 2. The molecule has 0 bridgehead atoms. The van der Waals surface area contributed by atoms with Crippen molar-refractivity contribution in [2.45, 2.75) is 51.7 Å². The van der Waals surface area contributed by atoms with Crippen molar-refractivity contribution < 1.29 is 19.1 Å². The SMILES string of the molecule is COc1ccc(CCN2C(=O)[C@@H](C(C)C)NC23CCN(C(=O)c2ccc(C)cc2)CC3)cc1OC. The van der Waals surface area contributed by atoms with E-state index in [0.29, 0.717) is 56.0 Å². The molecule has 2 aliphatic heterocycles. The maximum absolute atomic E-state index is 13.5. The molecule has 2 aromatic carbocycles. The van der Waals surface area contributed by atoms with Crippen LogP contribution in [0.3, 0.4) is 0 Å². The van der Waals surface area contributed by atoms with E-state index in [1.54, 1.807) is 14.2 Å². The van der Waals surface area contributed by atoms with Crippen LogP contribution in [0.15, 0.2) is 42.5 Å². The van der Waals surface area contributed by atoms with Gasteiger partial charge in [0.15, 0.2) is 11.5 Å². The molecule has 0 aliphatic carbocycles. The number of hydrogen-bond donors (Lipinski definition) is 1. The predicted molar refractivity (Wildman–Crippen MR) is 136 cm³/mol. The van der Waals surface area contributed by atoms with Crippen molar-refractivity contribution in [2.75, 3.05) is 33.9 Å². The molecule has 188 valence electrons. The van der Waals surface area contributed by atoms with Crippen LogP contribution < -0.4 is 14.8 Å². The first-order valence-electron chi connectivity index (χ1n) is 12.4.